The highest BCUT2D eigenvalue weighted by molar-refractivity contribution is 9.11. The number of hydrogen-bond acceptors (Lipinski definition) is 4. The number of halogens is 2. The quantitative estimate of drug-likeness (QED) is 0.861. The topological polar surface area (TPSA) is 63.4 Å². The van der Waals surface area contributed by atoms with Crippen LogP contribution in [0.25, 0.3) is 0 Å². The molecule has 1 fully saturated rings. The molecule has 1 unspecified atom stereocenters. The zero-order valence-corrected chi connectivity index (χ0v) is 14.5. The third-order valence-electron chi connectivity index (χ3n) is 3.20. The predicted octanol–water partition coefficient (Wildman–Crippen LogP) is 2.68. The Kier molecular flexibility index (Phi) is 6.75. The van der Waals surface area contributed by atoms with Crippen LogP contribution in [0.15, 0.2) is 20.1 Å². The summed E-state index contributed by atoms with van der Waals surface area (Å²) in [5, 5.41) is 0. The number of piperidine rings is 1. The van der Waals surface area contributed by atoms with E-state index >= 15 is 0 Å². The highest BCUT2D eigenvalue weighted by Crippen LogP contribution is 2.31. The largest absolute Gasteiger partial charge is 0.330 e. The fraction of sp³-hybridized carbons (Fsp3) is 0.636. The Morgan fingerprint density at radius 3 is 2.79 bits per heavy atom. The van der Waals surface area contributed by atoms with Gasteiger partial charge < -0.3 is 5.73 Å². The van der Waals surface area contributed by atoms with Gasteiger partial charge >= 0.3 is 0 Å². The van der Waals surface area contributed by atoms with Gasteiger partial charge in [-0.1, -0.05) is 0 Å². The van der Waals surface area contributed by atoms with Crippen molar-refractivity contribution in [3.63, 3.8) is 0 Å². The molecule has 0 radical (unpaired) electrons. The molecular weight excluding hydrogens is 372 g/mol. The summed E-state index contributed by atoms with van der Waals surface area (Å²) in [5.74, 6) is 0.405. The van der Waals surface area contributed by atoms with Gasteiger partial charge in [0.25, 0.3) is 10.0 Å². The van der Waals surface area contributed by atoms with E-state index in [1.807, 2.05) is 0 Å². The second-order valence-electron chi connectivity index (χ2n) is 4.51. The molecule has 2 heterocycles. The SMILES string of the molecule is Cl.NCCC1CCCN(S(=O)(=O)c2ccc(Br)s2)C1. The number of nitrogens with two attached hydrogens (primary N) is 1. The minimum Gasteiger partial charge on any atom is -0.330 e. The molecule has 4 nitrogen and oxygen atoms in total. The summed E-state index contributed by atoms with van der Waals surface area (Å²) in [7, 11) is -3.31. The summed E-state index contributed by atoms with van der Waals surface area (Å²) >= 11 is 4.57. The molecule has 2 N–H and O–H groups in total. The fourth-order valence-corrected chi connectivity index (χ4v) is 6.00. The van der Waals surface area contributed by atoms with Crippen LogP contribution in [0.4, 0.5) is 0 Å². The molecule has 0 spiro atoms. The van der Waals surface area contributed by atoms with Crippen LogP contribution in [0.3, 0.4) is 0 Å². The van der Waals surface area contributed by atoms with Gasteiger partial charge in [-0.3, -0.25) is 0 Å². The smallest absolute Gasteiger partial charge is 0.252 e. The van der Waals surface area contributed by atoms with Gasteiger partial charge in [0.05, 0.1) is 3.79 Å². The van der Waals surface area contributed by atoms with Crippen LogP contribution >= 0.6 is 39.7 Å². The number of rotatable bonds is 4. The summed E-state index contributed by atoms with van der Waals surface area (Å²) in [6.45, 7) is 1.86. The summed E-state index contributed by atoms with van der Waals surface area (Å²) < 4.78 is 27.7. The van der Waals surface area contributed by atoms with Crippen molar-refractivity contribution in [3.05, 3.63) is 15.9 Å². The molecule has 1 aliphatic rings. The maximum Gasteiger partial charge on any atom is 0.252 e. The van der Waals surface area contributed by atoms with Crippen LogP contribution in [-0.2, 0) is 10.0 Å². The second kappa shape index (κ2) is 7.38. The lowest BCUT2D eigenvalue weighted by atomic mass is 9.96. The van der Waals surface area contributed by atoms with Crippen LogP contribution in [-0.4, -0.2) is 32.4 Å². The van der Waals surface area contributed by atoms with Gasteiger partial charge in [-0.05, 0) is 59.8 Å². The summed E-state index contributed by atoms with van der Waals surface area (Å²) in [4.78, 5) is 0. The van der Waals surface area contributed by atoms with Crippen LogP contribution in [0, 0.1) is 5.92 Å². The molecule has 110 valence electrons. The third kappa shape index (κ3) is 4.15. The van der Waals surface area contributed by atoms with Gasteiger partial charge in [0.1, 0.15) is 4.21 Å². The molecule has 0 amide bonds. The molecular formula is C11H18BrClN2O2S2. The lowest BCUT2D eigenvalue weighted by molar-refractivity contribution is 0.258. The molecule has 19 heavy (non-hydrogen) atoms. The standard InChI is InChI=1S/C11H17BrN2O2S2.ClH/c12-10-3-4-11(17-10)18(15,16)14-7-1-2-9(8-14)5-6-13;/h3-4,9H,1-2,5-8,13H2;1H. The normalized spacial score (nSPS) is 21.1. The Morgan fingerprint density at radius 2 is 2.21 bits per heavy atom. The molecule has 1 aliphatic heterocycles. The van der Waals surface area contributed by atoms with Gasteiger partial charge in [0.2, 0.25) is 0 Å². The number of thiophene rings is 1. The van der Waals surface area contributed by atoms with Crippen molar-refractivity contribution in [2.75, 3.05) is 19.6 Å². The van der Waals surface area contributed by atoms with Crippen molar-refractivity contribution in [1.82, 2.24) is 4.31 Å². The van der Waals surface area contributed by atoms with E-state index in [1.54, 1.807) is 16.4 Å². The molecule has 1 atom stereocenters. The van der Waals surface area contributed by atoms with Crippen molar-refractivity contribution in [2.24, 2.45) is 11.7 Å². The zero-order chi connectivity index (χ0) is 13.2. The highest BCUT2D eigenvalue weighted by atomic mass is 79.9. The van der Waals surface area contributed by atoms with E-state index in [2.05, 4.69) is 15.9 Å². The summed E-state index contributed by atoms with van der Waals surface area (Å²) in [6, 6.07) is 3.44. The number of hydrogen-bond donors (Lipinski definition) is 1. The Balaban J connectivity index is 0.00000180. The number of sulfonamides is 1. The van der Waals surface area contributed by atoms with Gasteiger partial charge in [0.15, 0.2) is 0 Å². The van der Waals surface area contributed by atoms with E-state index in [-0.39, 0.29) is 12.4 Å². The average molecular weight is 390 g/mol. The highest BCUT2D eigenvalue weighted by Gasteiger charge is 2.30. The van der Waals surface area contributed by atoms with Gasteiger partial charge in [-0.2, -0.15) is 4.31 Å². The Morgan fingerprint density at radius 1 is 1.47 bits per heavy atom. The first-order valence-corrected chi connectivity index (χ1v) is 9.04. The van der Waals surface area contributed by atoms with Gasteiger partial charge in [-0.25, -0.2) is 8.42 Å². The molecule has 0 aromatic carbocycles. The molecule has 1 aromatic rings. The van der Waals surface area contributed by atoms with Crippen LogP contribution in [0.5, 0.6) is 0 Å². The summed E-state index contributed by atoms with van der Waals surface area (Å²) in [5.41, 5.74) is 5.56. The van der Waals surface area contributed by atoms with E-state index in [0.717, 1.165) is 23.0 Å². The molecule has 1 aromatic heterocycles. The maximum atomic E-state index is 12.4. The number of nitrogens with zero attached hydrogens (tertiary/aromatic N) is 1. The molecule has 0 aliphatic carbocycles. The van der Waals surface area contributed by atoms with E-state index in [9.17, 15) is 8.42 Å². The second-order valence-corrected chi connectivity index (χ2v) is 9.13. The first kappa shape index (κ1) is 17.4. The first-order valence-electron chi connectivity index (χ1n) is 5.99. The van der Waals surface area contributed by atoms with Crippen molar-refractivity contribution in [3.8, 4) is 0 Å². The zero-order valence-electron chi connectivity index (χ0n) is 10.4. The average Bonchev–Trinajstić information content (AvgIpc) is 2.77. The Bertz CT molecular complexity index is 505. The van der Waals surface area contributed by atoms with Gasteiger partial charge in [-0.15, -0.1) is 23.7 Å². The van der Waals surface area contributed by atoms with Crippen molar-refractivity contribution in [1.29, 1.82) is 0 Å². The molecule has 0 saturated carbocycles. The first-order chi connectivity index (χ1) is 8.54. The van der Waals surface area contributed by atoms with Crippen molar-refractivity contribution in [2.45, 2.75) is 23.5 Å². The van der Waals surface area contributed by atoms with Crippen LogP contribution < -0.4 is 5.73 Å². The van der Waals surface area contributed by atoms with Crippen LogP contribution in [0.1, 0.15) is 19.3 Å². The Hall–Kier alpha value is 0.340. The molecule has 1 saturated heterocycles. The van der Waals surface area contributed by atoms with Crippen molar-refractivity contribution < 1.29 is 8.42 Å². The Labute approximate surface area is 133 Å². The predicted molar refractivity (Wildman–Crippen MR) is 84.4 cm³/mol. The lowest BCUT2D eigenvalue weighted by Crippen LogP contribution is -2.40. The van der Waals surface area contributed by atoms with E-state index < -0.39 is 10.0 Å². The van der Waals surface area contributed by atoms with E-state index in [4.69, 9.17) is 5.73 Å². The van der Waals surface area contributed by atoms with E-state index in [0.29, 0.717) is 29.8 Å². The third-order valence-corrected chi connectivity index (χ3v) is 7.16. The van der Waals surface area contributed by atoms with Crippen molar-refractivity contribution >= 4 is 49.7 Å². The minimum atomic E-state index is -3.31. The van der Waals surface area contributed by atoms with Crippen LogP contribution in [0.2, 0.25) is 0 Å². The minimum absolute atomic E-state index is 0. The maximum absolute atomic E-state index is 12.4. The molecule has 2 rings (SSSR count). The monoisotopic (exact) mass is 388 g/mol. The lowest BCUT2D eigenvalue weighted by Gasteiger charge is -2.31. The fourth-order valence-electron chi connectivity index (χ4n) is 2.28. The molecule has 8 heteroatoms. The molecule has 0 bridgehead atoms. The van der Waals surface area contributed by atoms with Gasteiger partial charge in [0, 0.05) is 13.1 Å². The summed E-state index contributed by atoms with van der Waals surface area (Å²) in [6.07, 6.45) is 2.91. The van der Waals surface area contributed by atoms with E-state index in [1.165, 1.54) is 11.3 Å².